The molecular formula is C87H133N3O9. The van der Waals surface area contributed by atoms with Crippen LogP contribution in [0.2, 0.25) is 0 Å². The number of methoxy groups -OCH3 is 3. The maximum Gasteiger partial charge on any atom is 0.0701 e. The second kappa shape index (κ2) is 25.3. The first-order chi connectivity index (χ1) is 49.1. The molecule has 44 atom stereocenters. The van der Waals surface area contributed by atoms with E-state index in [1.807, 2.05) is 0 Å². The van der Waals surface area contributed by atoms with Crippen molar-refractivity contribution in [2.24, 2.45) is 260 Å². The first-order valence-electron chi connectivity index (χ1n) is 44.2. The largest absolute Gasteiger partial charge is 0.382 e. The fourth-order valence-corrected chi connectivity index (χ4v) is 40.0. The molecule has 0 radical (unpaired) electrons. The minimum atomic E-state index is 0.666. The van der Waals surface area contributed by atoms with Gasteiger partial charge in [-0.1, -0.05) is 32.1 Å². The molecule has 0 aromatic rings. The zero-order chi connectivity index (χ0) is 64.8. The Kier molecular flexibility index (Phi) is 16.5. The van der Waals surface area contributed by atoms with Crippen LogP contribution in [-0.4, -0.2) is 194 Å². The van der Waals surface area contributed by atoms with E-state index in [-0.39, 0.29) is 0 Å². The van der Waals surface area contributed by atoms with Crippen LogP contribution in [0.4, 0.5) is 0 Å². The van der Waals surface area contributed by atoms with Crippen LogP contribution in [0.5, 0.6) is 0 Å². The quantitative estimate of drug-likeness (QED) is 0.0734. The van der Waals surface area contributed by atoms with Gasteiger partial charge >= 0.3 is 0 Å². The maximum atomic E-state index is 6.73. The first-order valence-corrected chi connectivity index (χ1v) is 44.2. The summed E-state index contributed by atoms with van der Waals surface area (Å²) >= 11 is 0. The van der Waals surface area contributed by atoms with Crippen LogP contribution >= 0.6 is 0 Å². The van der Waals surface area contributed by atoms with Crippen LogP contribution in [0.3, 0.4) is 0 Å². The van der Waals surface area contributed by atoms with Crippen molar-refractivity contribution >= 4 is 0 Å². The van der Waals surface area contributed by atoms with E-state index >= 15 is 0 Å². The summed E-state index contributed by atoms with van der Waals surface area (Å²) in [5.41, 5.74) is 0. The van der Waals surface area contributed by atoms with Crippen molar-refractivity contribution in [1.82, 2.24) is 14.7 Å². The predicted molar refractivity (Wildman–Crippen MR) is 377 cm³/mol. The van der Waals surface area contributed by atoms with Gasteiger partial charge in [0.2, 0.25) is 0 Å². The lowest BCUT2D eigenvalue weighted by Gasteiger charge is -2.87. The standard InChI is InChI=1S/C87H133N3O9/c1-91-21-24-97-30-27-94-18-15-88-38-46-13-14-53-50-10-5-8-45-34-54-60-41-90(17-20-96-29-32-99-26-23-93-3)43-62-56-35-47-33-44-7-4-9-49-51-11-6-12-52-58-39-89(16-19-95-28-31-98-25-22-92-2)42-61-57-37-48-36-55-59(40-88)65(46)71(53)84-73(55)79-67(48)80-75(57)86-78(66(47)76(63(44)49)81(68(51)52)82(86)69(58)61)74(56)87(80)83(70(60)62)85(79)72(54)77(84)64(45)50/h44-87H,4-43H2,1-3H3. The van der Waals surface area contributed by atoms with Crippen LogP contribution in [0.15, 0.2) is 0 Å². The maximum absolute atomic E-state index is 6.73. The molecule has 99 heavy (non-hydrogen) atoms. The molecule has 0 aromatic heterocycles. The number of rotatable bonds is 27. The van der Waals surface area contributed by atoms with Gasteiger partial charge in [0.15, 0.2) is 0 Å². The third-order valence-corrected chi connectivity index (χ3v) is 39.9. The second-order valence-corrected chi connectivity index (χ2v) is 41.0. The van der Waals surface area contributed by atoms with E-state index in [0.717, 1.165) is 313 Å². The summed E-state index contributed by atoms with van der Waals surface area (Å²) in [7, 11) is 5.37. The van der Waals surface area contributed by atoms with Gasteiger partial charge in [0, 0.05) is 80.2 Å². The van der Waals surface area contributed by atoms with Crippen molar-refractivity contribution in [3.63, 3.8) is 0 Å². The van der Waals surface area contributed by atoms with Gasteiger partial charge in [-0.25, -0.2) is 0 Å². The summed E-state index contributed by atoms with van der Waals surface area (Å²) in [4.78, 5) is 9.47. The minimum absolute atomic E-state index is 0.666. The van der Waals surface area contributed by atoms with E-state index in [1.54, 1.807) is 118 Å². The van der Waals surface area contributed by atoms with Crippen molar-refractivity contribution in [2.45, 2.75) is 103 Å². The van der Waals surface area contributed by atoms with Gasteiger partial charge in [-0.05, 0) is 331 Å². The molecule has 3 heterocycles. The van der Waals surface area contributed by atoms with E-state index in [2.05, 4.69) is 14.7 Å². The summed E-state index contributed by atoms with van der Waals surface area (Å²) in [6.07, 6.45) is 25.7. The number of hydrogen-bond acceptors (Lipinski definition) is 12. The molecule has 0 bridgehead atoms. The van der Waals surface area contributed by atoms with Crippen LogP contribution < -0.4 is 0 Å². The van der Waals surface area contributed by atoms with E-state index in [4.69, 9.17) is 42.6 Å². The summed E-state index contributed by atoms with van der Waals surface area (Å²) in [6, 6.07) is 0. The Balaban J connectivity index is 0.674. The van der Waals surface area contributed by atoms with Crippen molar-refractivity contribution in [1.29, 1.82) is 0 Å². The molecule has 0 amide bonds. The van der Waals surface area contributed by atoms with Crippen molar-refractivity contribution in [2.75, 3.05) is 179 Å². The fourth-order valence-electron chi connectivity index (χ4n) is 40.0. The first kappa shape index (κ1) is 64.5. The lowest BCUT2D eigenvalue weighted by molar-refractivity contribution is -0.400. The number of fused-ring (bicyclic) bond motifs is 7. The number of ether oxygens (including phenoxy) is 9. The molecule has 23 rings (SSSR count). The lowest BCUT2D eigenvalue weighted by atomic mass is 9.18. The molecular weight excluding hydrogens is 1230 g/mol. The molecule has 20 saturated carbocycles. The zero-order valence-corrected chi connectivity index (χ0v) is 61.7. The Hall–Kier alpha value is -0.480. The summed E-state index contributed by atoms with van der Waals surface area (Å²) in [5.74, 6) is 44.8. The monoisotopic (exact) mass is 1360 g/mol. The summed E-state index contributed by atoms with van der Waals surface area (Å²) in [6.45, 7) is 22.7. The molecule has 23 fully saturated rings. The van der Waals surface area contributed by atoms with E-state index in [0.29, 0.717) is 66.1 Å². The fraction of sp³-hybridized carbons (Fsp3) is 1.00. The van der Waals surface area contributed by atoms with Crippen molar-refractivity contribution < 1.29 is 42.6 Å². The Morgan fingerprint density at radius 2 is 0.465 bits per heavy atom. The van der Waals surface area contributed by atoms with Gasteiger partial charge in [-0.2, -0.15) is 0 Å². The van der Waals surface area contributed by atoms with Crippen LogP contribution in [0.25, 0.3) is 0 Å². The molecule has 3 aliphatic heterocycles. The SMILES string of the molecule is COCCOCCOCCN1CC2CCC3C4CCCC5CC6C7CN(CCOCCOCCOC)CC8C9CC%10CC%11CCCC%12C%13CCCC%14C%15CN(CCOCCOCCOC)CC%16C%17CC%18CC%19C(C1)C2C3C1C%19C2C%18C3C%17C%17C(C%10C(C%11%12)C(C%13%14)C%17C%15%16)C9C3C(C78)C2C6C1C54. The molecule has 0 spiro atoms. The molecule has 0 aromatic carbocycles. The van der Waals surface area contributed by atoms with E-state index in [9.17, 15) is 0 Å². The molecule has 20 aliphatic carbocycles. The highest BCUT2D eigenvalue weighted by molar-refractivity contribution is 5.33. The minimum Gasteiger partial charge on any atom is -0.382 e. The molecule has 23 aliphatic rings. The normalized spacial score (nSPS) is 58.3. The highest BCUT2D eigenvalue weighted by Gasteiger charge is 2.86. The topological polar surface area (TPSA) is 92.8 Å². The van der Waals surface area contributed by atoms with E-state index in [1.165, 1.54) is 45.7 Å². The highest BCUT2D eigenvalue weighted by atomic mass is 16.6. The average molecular weight is 1370 g/mol. The van der Waals surface area contributed by atoms with Crippen molar-refractivity contribution in [3.8, 4) is 0 Å². The third-order valence-electron chi connectivity index (χ3n) is 39.9. The molecule has 550 valence electrons. The Morgan fingerprint density at radius 1 is 0.192 bits per heavy atom. The van der Waals surface area contributed by atoms with Gasteiger partial charge in [-0.15, -0.1) is 0 Å². The van der Waals surface area contributed by atoms with Crippen LogP contribution in [0.1, 0.15) is 103 Å². The molecule has 12 heteroatoms. The number of hydrogen-bond donors (Lipinski definition) is 0. The molecule has 44 unspecified atom stereocenters. The number of likely N-dealkylation sites (tertiary alicyclic amines) is 3. The van der Waals surface area contributed by atoms with Crippen molar-refractivity contribution in [3.05, 3.63) is 0 Å². The Labute approximate surface area is 596 Å². The zero-order valence-electron chi connectivity index (χ0n) is 61.7. The molecule has 0 N–H and O–H groups in total. The lowest BCUT2D eigenvalue weighted by Crippen LogP contribution is -2.84. The number of piperidine rings is 3. The molecule has 12 nitrogen and oxygen atoms in total. The third kappa shape index (κ3) is 9.11. The van der Waals surface area contributed by atoms with Gasteiger partial charge in [0.1, 0.15) is 0 Å². The number of nitrogens with zero attached hydrogens (tertiary/aromatic N) is 3. The average Bonchev–Trinajstić information content (AvgIpc) is 0.630. The second-order valence-electron chi connectivity index (χ2n) is 41.0. The van der Waals surface area contributed by atoms with Gasteiger partial charge in [0.05, 0.1) is 99.1 Å². The van der Waals surface area contributed by atoms with Crippen LogP contribution in [0, 0.1) is 260 Å². The predicted octanol–water partition coefficient (Wildman–Crippen LogP) is 11.6. The summed E-state index contributed by atoms with van der Waals surface area (Å²) in [5, 5.41) is 0. The molecule has 3 saturated heterocycles. The van der Waals surface area contributed by atoms with Crippen LogP contribution in [-0.2, 0) is 42.6 Å². The Morgan fingerprint density at radius 3 is 0.929 bits per heavy atom. The van der Waals surface area contributed by atoms with Gasteiger partial charge in [0.25, 0.3) is 0 Å². The smallest absolute Gasteiger partial charge is 0.0701 e. The van der Waals surface area contributed by atoms with Gasteiger partial charge < -0.3 is 57.3 Å². The highest BCUT2D eigenvalue weighted by Crippen LogP contribution is 2.90. The summed E-state index contributed by atoms with van der Waals surface area (Å²) < 4.78 is 54.0. The Bertz CT molecular complexity index is 2940. The van der Waals surface area contributed by atoms with Gasteiger partial charge in [-0.3, -0.25) is 0 Å². The van der Waals surface area contributed by atoms with E-state index < -0.39 is 0 Å².